The SMILES string of the molecule is ClC1CC(Oc2cccc3ncccc23)C12CCCCC2. The maximum Gasteiger partial charge on any atom is 0.129 e. The van der Waals surface area contributed by atoms with Crippen LogP contribution < -0.4 is 4.74 Å². The Kier molecular flexibility index (Phi) is 3.30. The largest absolute Gasteiger partial charge is 0.489 e. The van der Waals surface area contributed by atoms with Crippen LogP contribution in [0.5, 0.6) is 5.75 Å². The molecule has 0 N–H and O–H groups in total. The molecule has 2 aliphatic rings. The van der Waals surface area contributed by atoms with E-state index in [1.54, 1.807) is 0 Å². The monoisotopic (exact) mass is 301 g/mol. The van der Waals surface area contributed by atoms with Gasteiger partial charge in [-0.2, -0.15) is 0 Å². The zero-order valence-electron chi connectivity index (χ0n) is 12.1. The van der Waals surface area contributed by atoms with Crippen molar-refractivity contribution in [3.63, 3.8) is 0 Å². The molecule has 110 valence electrons. The van der Waals surface area contributed by atoms with E-state index in [-0.39, 0.29) is 16.9 Å². The van der Waals surface area contributed by atoms with Gasteiger partial charge in [-0.3, -0.25) is 4.98 Å². The summed E-state index contributed by atoms with van der Waals surface area (Å²) < 4.78 is 6.40. The van der Waals surface area contributed by atoms with E-state index in [0.29, 0.717) is 0 Å². The highest BCUT2D eigenvalue weighted by atomic mass is 35.5. The second-order valence-electron chi connectivity index (χ2n) is 6.43. The first-order chi connectivity index (χ1) is 10.3. The molecule has 21 heavy (non-hydrogen) atoms. The second kappa shape index (κ2) is 5.17. The van der Waals surface area contributed by atoms with Crippen molar-refractivity contribution in [2.75, 3.05) is 0 Å². The smallest absolute Gasteiger partial charge is 0.129 e. The summed E-state index contributed by atoms with van der Waals surface area (Å²) in [4.78, 5) is 4.41. The normalized spacial score (nSPS) is 27.5. The van der Waals surface area contributed by atoms with Crippen LogP contribution in [0, 0.1) is 5.41 Å². The summed E-state index contributed by atoms with van der Waals surface area (Å²) >= 11 is 6.57. The number of aromatic nitrogens is 1. The van der Waals surface area contributed by atoms with Gasteiger partial charge in [0.2, 0.25) is 0 Å². The Morgan fingerprint density at radius 1 is 1.10 bits per heavy atom. The lowest BCUT2D eigenvalue weighted by Gasteiger charge is -2.55. The van der Waals surface area contributed by atoms with Crippen molar-refractivity contribution in [3.05, 3.63) is 36.5 Å². The number of alkyl halides is 1. The third-order valence-electron chi connectivity index (χ3n) is 5.35. The summed E-state index contributed by atoms with van der Waals surface area (Å²) in [6, 6.07) is 10.2. The molecule has 2 nitrogen and oxygen atoms in total. The van der Waals surface area contributed by atoms with E-state index in [2.05, 4.69) is 17.1 Å². The highest BCUT2D eigenvalue weighted by molar-refractivity contribution is 6.21. The molecule has 1 spiro atoms. The van der Waals surface area contributed by atoms with Crippen LogP contribution in [0.1, 0.15) is 38.5 Å². The van der Waals surface area contributed by atoms with Gasteiger partial charge in [-0.05, 0) is 37.1 Å². The lowest BCUT2D eigenvalue weighted by Crippen LogP contribution is -2.58. The summed E-state index contributed by atoms with van der Waals surface area (Å²) in [5, 5.41) is 1.39. The van der Waals surface area contributed by atoms with Gasteiger partial charge in [0.05, 0.1) is 5.52 Å². The molecule has 1 aromatic heterocycles. The van der Waals surface area contributed by atoms with Crippen molar-refractivity contribution in [1.82, 2.24) is 4.98 Å². The number of halogens is 1. The predicted octanol–water partition coefficient (Wildman–Crippen LogP) is 4.94. The minimum Gasteiger partial charge on any atom is -0.489 e. The maximum absolute atomic E-state index is 6.57. The highest BCUT2D eigenvalue weighted by Crippen LogP contribution is 2.55. The number of fused-ring (bicyclic) bond motifs is 1. The average molecular weight is 302 g/mol. The van der Waals surface area contributed by atoms with Crippen LogP contribution in [0.25, 0.3) is 10.9 Å². The number of nitrogens with zero attached hydrogens (tertiary/aromatic N) is 1. The van der Waals surface area contributed by atoms with Crippen molar-refractivity contribution in [3.8, 4) is 5.75 Å². The van der Waals surface area contributed by atoms with E-state index in [1.807, 2.05) is 24.4 Å². The van der Waals surface area contributed by atoms with E-state index in [0.717, 1.165) is 23.1 Å². The Bertz CT molecular complexity index is 645. The van der Waals surface area contributed by atoms with Gasteiger partial charge in [-0.15, -0.1) is 11.6 Å². The van der Waals surface area contributed by atoms with Crippen molar-refractivity contribution in [2.45, 2.75) is 50.0 Å². The first kappa shape index (κ1) is 13.4. The topological polar surface area (TPSA) is 22.1 Å². The number of pyridine rings is 1. The lowest BCUT2D eigenvalue weighted by atomic mass is 9.58. The molecule has 0 amide bonds. The zero-order chi connectivity index (χ0) is 14.3. The first-order valence-corrected chi connectivity index (χ1v) is 8.38. The number of hydrogen-bond donors (Lipinski definition) is 0. The molecule has 0 aliphatic heterocycles. The second-order valence-corrected chi connectivity index (χ2v) is 6.96. The van der Waals surface area contributed by atoms with Crippen LogP contribution in [0.15, 0.2) is 36.5 Å². The predicted molar refractivity (Wildman–Crippen MR) is 85.9 cm³/mol. The zero-order valence-corrected chi connectivity index (χ0v) is 12.9. The molecule has 2 aromatic rings. The maximum atomic E-state index is 6.57. The Morgan fingerprint density at radius 3 is 2.76 bits per heavy atom. The number of hydrogen-bond acceptors (Lipinski definition) is 2. The van der Waals surface area contributed by atoms with Crippen molar-refractivity contribution < 1.29 is 4.74 Å². The van der Waals surface area contributed by atoms with Gasteiger partial charge in [0.15, 0.2) is 0 Å². The Balaban J connectivity index is 1.63. The van der Waals surface area contributed by atoms with Crippen molar-refractivity contribution >= 4 is 22.5 Å². The molecule has 1 aromatic carbocycles. The van der Waals surface area contributed by atoms with Gasteiger partial charge < -0.3 is 4.74 Å². The van der Waals surface area contributed by atoms with Crippen LogP contribution in [0.3, 0.4) is 0 Å². The summed E-state index contributed by atoms with van der Waals surface area (Å²) in [5.41, 5.74) is 1.21. The fraction of sp³-hybridized carbons (Fsp3) is 0.500. The van der Waals surface area contributed by atoms with Crippen molar-refractivity contribution in [2.24, 2.45) is 5.41 Å². The summed E-state index contributed by atoms with van der Waals surface area (Å²) in [6.45, 7) is 0. The molecule has 0 radical (unpaired) electrons. The van der Waals surface area contributed by atoms with Crippen LogP contribution in [0.2, 0.25) is 0 Å². The summed E-state index contributed by atoms with van der Waals surface area (Å²) in [7, 11) is 0. The van der Waals surface area contributed by atoms with Gasteiger partial charge in [0.25, 0.3) is 0 Å². The van der Waals surface area contributed by atoms with Crippen LogP contribution in [-0.4, -0.2) is 16.5 Å². The molecule has 2 atom stereocenters. The summed E-state index contributed by atoms with van der Waals surface area (Å²) in [5.74, 6) is 0.958. The van der Waals surface area contributed by atoms with E-state index in [1.165, 1.54) is 32.1 Å². The highest BCUT2D eigenvalue weighted by Gasteiger charge is 2.55. The summed E-state index contributed by atoms with van der Waals surface area (Å²) in [6.07, 6.45) is 9.43. The third-order valence-corrected chi connectivity index (χ3v) is 5.96. The molecule has 2 saturated carbocycles. The minimum absolute atomic E-state index is 0.212. The van der Waals surface area contributed by atoms with Crippen molar-refractivity contribution in [1.29, 1.82) is 0 Å². The molecule has 0 bridgehead atoms. The molecule has 2 aliphatic carbocycles. The van der Waals surface area contributed by atoms with E-state index >= 15 is 0 Å². The molecule has 0 saturated heterocycles. The average Bonchev–Trinajstić information content (AvgIpc) is 2.55. The molecule has 2 unspecified atom stereocenters. The number of rotatable bonds is 2. The number of benzene rings is 1. The number of ether oxygens (including phenoxy) is 1. The van der Waals surface area contributed by atoms with Crippen LogP contribution in [-0.2, 0) is 0 Å². The van der Waals surface area contributed by atoms with E-state index < -0.39 is 0 Å². The first-order valence-electron chi connectivity index (χ1n) is 7.94. The van der Waals surface area contributed by atoms with E-state index in [9.17, 15) is 0 Å². The van der Waals surface area contributed by atoms with Gasteiger partial charge in [-0.25, -0.2) is 0 Å². The molecule has 3 heteroatoms. The minimum atomic E-state index is 0.212. The molecular formula is C18H20ClNO. The fourth-order valence-electron chi connectivity index (χ4n) is 4.04. The Hall–Kier alpha value is -1.28. The van der Waals surface area contributed by atoms with Crippen LogP contribution >= 0.6 is 11.6 Å². The Morgan fingerprint density at radius 2 is 1.95 bits per heavy atom. The van der Waals surface area contributed by atoms with E-state index in [4.69, 9.17) is 16.3 Å². The quantitative estimate of drug-likeness (QED) is 0.733. The van der Waals surface area contributed by atoms with Gasteiger partial charge >= 0.3 is 0 Å². The lowest BCUT2D eigenvalue weighted by molar-refractivity contribution is -0.0643. The molecule has 4 rings (SSSR count). The van der Waals surface area contributed by atoms with Gasteiger partial charge in [-0.1, -0.05) is 25.3 Å². The van der Waals surface area contributed by atoms with Crippen LogP contribution in [0.4, 0.5) is 0 Å². The molecular weight excluding hydrogens is 282 g/mol. The Labute approximate surface area is 130 Å². The van der Waals surface area contributed by atoms with Gasteiger partial charge in [0, 0.05) is 28.8 Å². The fourth-order valence-corrected chi connectivity index (χ4v) is 4.56. The standard InChI is InChI=1S/C18H20ClNO/c19-16-12-17(18(16)9-2-1-3-10-18)21-15-8-4-7-14-13(15)6-5-11-20-14/h4-8,11,16-17H,1-3,9-10,12H2. The molecule has 1 heterocycles. The molecule has 2 fully saturated rings. The van der Waals surface area contributed by atoms with Gasteiger partial charge in [0.1, 0.15) is 11.9 Å². The third kappa shape index (κ3) is 2.12.